The molecule has 0 aliphatic carbocycles. The topological polar surface area (TPSA) is 78.5 Å². The van der Waals surface area contributed by atoms with Crippen molar-refractivity contribution < 1.29 is 18.7 Å². The number of methoxy groups -OCH3 is 1. The number of rotatable bonds is 9. The van der Waals surface area contributed by atoms with Gasteiger partial charge in [0.25, 0.3) is 5.91 Å². The van der Waals surface area contributed by atoms with Crippen molar-refractivity contribution in [1.29, 1.82) is 0 Å². The van der Waals surface area contributed by atoms with Gasteiger partial charge in [0, 0.05) is 13.1 Å². The van der Waals surface area contributed by atoms with E-state index in [9.17, 15) is 4.79 Å². The average molecular weight is 468 g/mol. The standard InChI is InChI=1S/C28H25N3O4/c1-33-25-8-4-5-9-26(25)34-18-22-14-15-27(35-22)28(32)29-16-20-10-12-21(13-11-20)17-31-19-30-23-6-2-3-7-24(23)31/h2-15,19H,16-18H2,1H3,(H,29,32). The van der Waals surface area contributed by atoms with Crippen molar-refractivity contribution in [1.82, 2.24) is 14.9 Å². The van der Waals surface area contributed by atoms with Crippen molar-refractivity contribution in [2.75, 3.05) is 7.11 Å². The van der Waals surface area contributed by atoms with E-state index < -0.39 is 0 Å². The molecule has 0 saturated heterocycles. The molecule has 0 radical (unpaired) electrons. The molecule has 0 atom stereocenters. The van der Waals surface area contributed by atoms with Crippen LogP contribution < -0.4 is 14.8 Å². The fourth-order valence-corrected chi connectivity index (χ4v) is 3.83. The van der Waals surface area contributed by atoms with E-state index in [-0.39, 0.29) is 18.3 Å². The molecule has 7 heteroatoms. The van der Waals surface area contributed by atoms with Crippen molar-refractivity contribution in [3.05, 3.63) is 114 Å². The van der Waals surface area contributed by atoms with Crippen molar-refractivity contribution in [2.24, 2.45) is 0 Å². The van der Waals surface area contributed by atoms with E-state index >= 15 is 0 Å². The van der Waals surface area contributed by atoms with Crippen molar-refractivity contribution in [3.63, 3.8) is 0 Å². The molecule has 0 aliphatic heterocycles. The van der Waals surface area contributed by atoms with Crippen LogP contribution in [-0.4, -0.2) is 22.6 Å². The molecule has 35 heavy (non-hydrogen) atoms. The number of hydrogen-bond acceptors (Lipinski definition) is 5. The fraction of sp³-hybridized carbons (Fsp3) is 0.143. The van der Waals surface area contributed by atoms with E-state index in [1.54, 1.807) is 19.2 Å². The lowest BCUT2D eigenvalue weighted by Gasteiger charge is -2.09. The number of nitrogens with one attached hydrogen (secondary N) is 1. The number of nitrogens with zero attached hydrogens (tertiary/aromatic N) is 2. The van der Waals surface area contributed by atoms with E-state index in [1.807, 2.05) is 60.9 Å². The number of hydrogen-bond donors (Lipinski definition) is 1. The molecule has 1 amide bonds. The molecular formula is C28H25N3O4. The summed E-state index contributed by atoms with van der Waals surface area (Å²) in [5.41, 5.74) is 4.26. The van der Waals surface area contributed by atoms with Gasteiger partial charge in [-0.1, -0.05) is 48.5 Å². The van der Waals surface area contributed by atoms with E-state index in [0.29, 0.717) is 23.8 Å². The van der Waals surface area contributed by atoms with Crippen LogP contribution in [0.3, 0.4) is 0 Å². The fourth-order valence-electron chi connectivity index (χ4n) is 3.83. The summed E-state index contributed by atoms with van der Waals surface area (Å²) in [6.45, 7) is 1.33. The van der Waals surface area contributed by atoms with Gasteiger partial charge in [0.1, 0.15) is 12.4 Å². The van der Waals surface area contributed by atoms with E-state index in [2.05, 4.69) is 33.1 Å². The Labute approximate surface area is 202 Å². The van der Waals surface area contributed by atoms with Gasteiger partial charge in [-0.05, 0) is 47.5 Å². The molecule has 1 N–H and O–H groups in total. The average Bonchev–Trinajstić information content (AvgIpc) is 3.55. The Morgan fingerprint density at radius 1 is 0.914 bits per heavy atom. The first-order valence-electron chi connectivity index (χ1n) is 11.3. The molecule has 2 heterocycles. The number of aromatic nitrogens is 2. The molecule has 0 unspecified atom stereocenters. The lowest BCUT2D eigenvalue weighted by Crippen LogP contribution is -2.22. The summed E-state index contributed by atoms with van der Waals surface area (Å²) in [5, 5.41) is 2.90. The summed E-state index contributed by atoms with van der Waals surface area (Å²) >= 11 is 0. The second-order valence-corrected chi connectivity index (χ2v) is 8.07. The highest BCUT2D eigenvalue weighted by Crippen LogP contribution is 2.26. The van der Waals surface area contributed by atoms with Gasteiger partial charge in [-0.3, -0.25) is 4.79 Å². The lowest BCUT2D eigenvalue weighted by atomic mass is 10.1. The zero-order valence-electron chi connectivity index (χ0n) is 19.3. The number of para-hydroxylation sites is 4. The third-order valence-electron chi connectivity index (χ3n) is 5.68. The molecule has 0 spiro atoms. The van der Waals surface area contributed by atoms with Crippen molar-refractivity contribution in [3.8, 4) is 11.5 Å². The summed E-state index contributed by atoms with van der Waals surface area (Å²) in [6, 6.07) is 27.0. The zero-order chi connectivity index (χ0) is 24.0. The van der Waals surface area contributed by atoms with Crippen molar-refractivity contribution in [2.45, 2.75) is 19.7 Å². The first-order chi connectivity index (χ1) is 17.2. The highest BCUT2D eigenvalue weighted by molar-refractivity contribution is 5.91. The largest absolute Gasteiger partial charge is 0.493 e. The number of fused-ring (bicyclic) bond motifs is 1. The number of carbonyl (C=O) groups is 1. The Hall–Kier alpha value is -4.52. The van der Waals surface area contributed by atoms with Gasteiger partial charge in [0.05, 0.1) is 24.5 Å². The van der Waals surface area contributed by atoms with E-state index in [4.69, 9.17) is 13.9 Å². The summed E-state index contributed by atoms with van der Waals surface area (Å²) < 4.78 is 18.8. The van der Waals surface area contributed by atoms with Crippen LogP contribution in [0.15, 0.2) is 95.7 Å². The number of furan rings is 1. The maximum atomic E-state index is 12.5. The molecule has 0 aliphatic rings. The van der Waals surface area contributed by atoms with Crippen LogP contribution >= 0.6 is 0 Å². The minimum absolute atomic E-state index is 0.196. The molecule has 7 nitrogen and oxygen atoms in total. The minimum Gasteiger partial charge on any atom is -0.493 e. The van der Waals surface area contributed by atoms with Gasteiger partial charge in [-0.15, -0.1) is 0 Å². The van der Waals surface area contributed by atoms with Gasteiger partial charge in [-0.2, -0.15) is 0 Å². The normalized spacial score (nSPS) is 10.9. The van der Waals surface area contributed by atoms with Gasteiger partial charge < -0.3 is 23.8 Å². The quantitative estimate of drug-likeness (QED) is 0.323. The molecule has 3 aromatic carbocycles. The van der Waals surface area contributed by atoms with E-state index in [0.717, 1.165) is 28.7 Å². The van der Waals surface area contributed by atoms with Gasteiger partial charge in [-0.25, -0.2) is 4.98 Å². The summed E-state index contributed by atoms with van der Waals surface area (Å²) in [4.78, 5) is 17.0. The van der Waals surface area contributed by atoms with Crippen molar-refractivity contribution >= 4 is 16.9 Å². The maximum absolute atomic E-state index is 12.5. The molecule has 5 aromatic rings. The smallest absolute Gasteiger partial charge is 0.287 e. The first-order valence-corrected chi connectivity index (χ1v) is 11.3. The number of amides is 1. The second-order valence-electron chi connectivity index (χ2n) is 8.07. The Balaban J connectivity index is 1.14. The third-order valence-corrected chi connectivity index (χ3v) is 5.68. The van der Waals surface area contributed by atoms with Crippen LogP contribution in [-0.2, 0) is 19.7 Å². The number of imidazole rings is 1. The Kier molecular flexibility index (Phi) is 6.48. The molecule has 0 fully saturated rings. The summed E-state index contributed by atoms with van der Waals surface area (Å²) in [7, 11) is 1.59. The first kappa shape index (κ1) is 22.3. The molecule has 176 valence electrons. The van der Waals surface area contributed by atoms with Crippen LogP contribution in [0.5, 0.6) is 11.5 Å². The molecule has 5 rings (SSSR count). The Morgan fingerprint density at radius 3 is 2.49 bits per heavy atom. The molecule has 0 bridgehead atoms. The third kappa shape index (κ3) is 5.19. The highest BCUT2D eigenvalue weighted by atomic mass is 16.5. The summed E-state index contributed by atoms with van der Waals surface area (Å²) in [5.74, 6) is 1.77. The zero-order valence-corrected chi connectivity index (χ0v) is 19.3. The van der Waals surface area contributed by atoms with Crippen LogP contribution in [0, 0.1) is 0 Å². The van der Waals surface area contributed by atoms with Crippen LogP contribution in [0.25, 0.3) is 11.0 Å². The van der Waals surface area contributed by atoms with E-state index in [1.165, 1.54) is 0 Å². The predicted octanol–water partition coefficient (Wildman–Crippen LogP) is 5.20. The number of benzene rings is 3. The minimum atomic E-state index is -0.275. The number of carbonyl (C=O) groups excluding carboxylic acids is 1. The van der Waals surface area contributed by atoms with Crippen LogP contribution in [0.2, 0.25) is 0 Å². The van der Waals surface area contributed by atoms with Gasteiger partial charge in [0.15, 0.2) is 17.3 Å². The van der Waals surface area contributed by atoms with Gasteiger partial charge >= 0.3 is 0 Å². The van der Waals surface area contributed by atoms with Crippen LogP contribution in [0.1, 0.15) is 27.4 Å². The predicted molar refractivity (Wildman–Crippen MR) is 132 cm³/mol. The number of ether oxygens (including phenoxy) is 2. The molecular weight excluding hydrogens is 442 g/mol. The monoisotopic (exact) mass is 467 g/mol. The Morgan fingerprint density at radius 2 is 1.66 bits per heavy atom. The Bertz CT molecular complexity index is 1440. The molecule has 2 aromatic heterocycles. The van der Waals surface area contributed by atoms with Crippen LogP contribution in [0.4, 0.5) is 0 Å². The second kappa shape index (κ2) is 10.2. The lowest BCUT2D eigenvalue weighted by molar-refractivity contribution is 0.0919. The van der Waals surface area contributed by atoms with Gasteiger partial charge in [0.2, 0.25) is 0 Å². The summed E-state index contributed by atoms with van der Waals surface area (Å²) in [6.07, 6.45) is 1.86. The highest BCUT2D eigenvalue weighted by Gasteiger charge is 2.12. The molecule has 0 saturated carbocycles. The SMILES string of the molecule is COc1ccccc1OCc1ccc(C(=O)NCc2ccc(Cn3cnc4ccccc43)cc2)o1. The maximum Gasteiger partial charge on any atom is 0.287 e.